The summed E-state index contributed by atoms with van der Waals surface area (Å²) in [5.41, 5.74) is 5.18. The van der Waals surface area contributed by atoms with E-state index in [-0.39, 0.29) is 18.8 Å². The van der Waals surface area contributed by atoms with Crippen LogP contribution in [0, 0.1) is 0 Å². The van der Waals surface area contributed by atoms with Crippen LogP contribution in [0.15, 0.2) is 70.3 Å². The molecule has 0 aliphatic carbocycles. The summed E-state index contributed by atoms with van der Waals surface area (Å²) >= 11 is 8.50. The molecule has 12 heteroatoms. The molecule has 10 nitrogen and oxygen atoms in total. The highest BCUT2D eigenvalue weighted by molar-refractivity contribution is 7.98. The number of rotatable bonds is 3. The van der Waals surface area contributed by atoms with Gasteiger partial charge in [0.2, 0.25) is 0 Å². The molecule has 8 bridgehead atoms. The molecule has 1 aliphatic rings. The number of hydrogen-bond donors (Lipinski definition) is 3. The Labute approximate surface area is 288 Å². The Bertz CT molecular complexity index is 2030. The van der Waals surface area contributed by atoms with Gasteiger partial charge in [-0.1, -0.05) is 41.9 Å². The Kier molecular flexibility index (Phi) is 10.4. The van der Waals surface area contributed by atoms with Gasteiger partial charge in [-0.25, -0.2) is 4.79 Å². The molecule has 3 heterocycles. The lowest BCUT2D eigenvalue weighted by atomic mass is 10.0. The van der Waals surface area contributed by atoms with Gasteiger partial charge in [0.1, 0.15) is 11.4 Å². The van der Waals surface area contributed by atoms with E-state index in [1.807, 2.05) is 42.9 Å². The third kappa shape index (κ3) is 7.09. The number of aliphatic hydroxyl groups is 1. The number of aromatic carboxylic acids is 1. The Morgan fingerprint density at radius 3 is 2.77 bits per heavy atom. The Morgan fingerprint density at radius 2 is 1.96 bits per heavy atom. The smallest absolute Gasteiger partial charge is 0.352 e. The van der Waals surface area contributed by atoms with Gasteiger partial charge in [-0.3, -0.25) is 9.69 Å². The molecule has 6 rings (SSSR count). The number of ether oxygens (including phenoxy) is 1. The van der Waals surface area contributed by atoms with Crippen molar-refractivity contribution in [1.29, 1.82) is 0 Å². The number of benzene rings is 3. The predicted molar refractivity (Wildman–Crippen MR) is 193 cm³/mol. The van der Waals surface area contributed by atoms with Crippen LogP contribution in [0.1, 0.15) is 46.3 Å². The highest BCUT2D eigenvalue weighted by Crippen LogP contribution is 2.36. The van der Waals surface area contributed by atoms with Gasteiger partial charge >= 0.3 is 5.97 Å². The van der Waals surface area contributed by atoms with Crippen molar-refractivity contribution in [1.82, 2.24) is 24.7 Å². The first-order valence-corrected chi connectivity index (χ1v) is 17.2. The van der Waals surface area contributed by atoms with Gasteiger partial charge in [0, 0.05) is 76.8 Å². The second kappa shape index (κ2) is 14.9. The molecule has 250 valence electrons. The van der Waals surface area contributed by atoms with Crippen LogP contribution >= 0.6 is 23.4 Å². The molecule has 2 aromatic heterocycles. The van der Waals surface area contributed by atoms with Crippen LogP contribution in [0.5, 0.6) is 5.75 Å². The van der Waals surface area contributed by atoms with E-state index in [1.54, 1.807) is 40.7 Å². The van der Waals surface area contributed by atoms with E-state index in [1.165, 1.54) is 0 Å². The van der Waals surface area contributed by atoms with E-state index in [0.29, 0.717) is 43.1 Å². The number of carbonyl (C=O) groups is 1. The fraction of sp³-hybridized carbons (Fsp3) is 0.306. The molecule has 1 aliphatic heterocycles. The first-order chi connectivity index (χ1) is 23.2. The minimum absolute atomic E-state index is 0.0957. The lowest BCUT2D eigenvalue weighted by Gasteiger charge is -2.19. The predicted octanol–water partition coefficient (Wildman–Crippen LogP) is 6.46. The molecule has 0 fully saturated rings. The topological polar surface area (TPSA) is 117 Å². The Morgan fingerprint density at radius 1 is 1.12 bits per heavy atom. The summed E-state index contributed by atoms with van der Waals surface area (Å²) in [6.07, 6.45) is 4.78. The van der Waals surface area contributed by atoms with Crippen molar-refractivity contribution in [2.24, 2.45) is 19.2 Å². The zero-order valence-corrected chi connectivity index (χ0v) is 28.8. The van der Waals surface area contributed by atoms with E-state index in [0.717, 1.165) is 60.7 Å². The fourth-order valence-electron chi connectivity index (χ4n) is 6.23. The molecule has 0 spiro atoms. The van der Waals surface area contributed by atoms with Gasteiger partial charge in [0.05, 0.1) is 31.0 Å². The number of aryl methyl sites for hydroxylation is 3. The largest absolute Gasteiger partial charge is 0.493 e. The molecular formula is C36H39ClN6O4S. The van der Waals surface area contributed by atoms with Crippen molar-refractivity contribution in [3.05, 3.63) is 93.5 Å². The first-order valence-electron chi connectivity index (χ1n) is 15.9. The number of nitrogens with zero attached hydrogens (tertiary/aromatic N) is 5. The minimum atomic E-state index is -1.00. The molecule has 0 saturated carbocycles. The molecule has 0 amide bonds. The van der Waals surface area contributed by atoms with Crippen LogP contribution in [0.25, 0.3) is 27.8 Å². The molecule has 5 aromatic rings. The summed E-state index contributed by atoms with van der Waals surface area (Å²) in [5, 5.41) is 38.0. The standard InChI is InChI=1S/C36H39ClN6O4S/c1-23-17-31-32(37)11-10-30-29(35(36(45)46)41(2)34(30)31)9-6-16-47-33-20-27(18-24-7-4-5-8-28(24)33)48-22-26-19-25(40-42(26)3)21-38-12-13-39-43(23)14-15-44/h4-5,7-8,10-11,13,17-20,38,44H,6,9,12,14-16,21-22H2,1-3H3,(H,45,46)/b23-17+,39-13+. The first kappa shape index (κ1) is 33.6. The van der Waals surface area contributed by atoms with Crippen LogP contribution in [0.2, 0.25) is 5.02 Å². The molecule has 3 N–H and O–H groups in total. The van der Waals surface area contributed by atoms with Crippen LogP contribution in [-0.4, -0.2) is 68.1 Å². The van der Waals surface area contributed by atoms with E-state index in [4.69, 9.17) is 21.4 Å². The number of thioether (sulfide) groups is 1. The monoisotopic (exact) mass is 686 g/mol. The average molecular weight is 687 g/mol. The van der Waals surface area contributed by atoms with Crippen molar-refractivity contribution >= 4 is 63.3 Å². The van der Waals surface area contributed by atoms with Gasteiger partial charge < -0.3 is 24.8 Å². The van der Waals surface area contributed by atoms with Crippen molar-refractivity contribution in [2.75, 3.05) is 26.3 Å². The van der Waals surface area contributed by atoms with Crippen molar-refractivity contribution in [3.63, 3.8) is 0 Å². The van der Waals surface area contributed by atoms with Crippen molar-refractivity contribution in [2.45, 2.75) is 37.0 Å². The molecule has 48 heavy (non-hydrogen) atoms. The average Bonchev–Trinajstić information content (AvgIpc) is 3.57. The number of carboxylic acids is 1. The lowest BCUT2D eigenvalue weighted by Crippen LogP contribution is -2.22. The molecular weight excluding hydrogens is 648 g/mol. The number of nitrogens with one attached hydrogen (secondary N) is 1. The van der Waals surface area contributed by atoms with Crippen LogP contribution in [0.3, 0.4) is 0 Å². The van der Waals surface area contributed by atoms with Crippen molar-refractivity contribution < 1.29 is 19.7 Å². The van der Waals surface area contributed by atoms with Crippen LogP contribution in [0.4, 0.5) is 0 Å². The summed E-state index contributed by atoms with van der Waals surface area (Å²) in [4.78, 5) is 13.7. The summed E-state index contributed by atoms with van der Waals surface area (Å²) in [6.45, 7) is 3.57. The van der Waals surface area contributed by atoms with E-state index in [9.17, 15) is 15.0 Å². The number of fused-ring (bicyclic) bond motifs is 6. The summed E-state index contributed by atoms with van der Waals surface area (Å²) < 4.78 is 10.0. The molecule has 0 atom stereocenters. The number of hydrazone groups is 1. The quantitative estimate of drug-likeness (QED) is 0.198. The normalized spacial score (nSPS) is 16.8. The molecule has 0 radical (unpaired) electrons. The van der Waals surface area contributed by atoms with E-state index < -0.39 is 5.97 Å². The molecule has 0 saturated heterocycles. The number of aliphatic hydroxyl groups excluding tert-OH is 1. The number of allylic oxidation sites excluding steroid dienone is 1. The summed E-state index contributed by atoms with van der Waals surface area (Å²) in [5.74, 6) is 0.551. The highest BCUT2D eigenvalue weighted by Gasteiger charge is 2.23. The maximum atomic E-state index is 12.6. The van der Waals surface area contributed by atoms with Crippen LogP contribution < -0.4 is 10.1 Å². The van der Waals surface area contributed by atoms with Gasteiger partial charge in [0.25, 0.3) is 0 Å². The zero-order chi connectivity index (χ0) is 33.8. The SMILES string of the molecule is C/C1=C\c2c(Cl)ccc3c(c(C(=O)O)n(C)c23)CCCOc2cc(cc3ccccc23)SCc2cc(nn2C)CNC/C=N/N1CCO. The second-order valence-corrected chi connectivity index (χ2v) is 13.2. The number of halogens is 1. The highest BCUT2D eigenvalue weighted by atomic mass is 35.5. The molecule has 3 aromatic carbocycles. The summed E-state index contributed by atoms with van der Waals surface area (Å²) in [6, 6.07) is 18.3. The number of β-amino-alcohol motifs (C(OH)–C–C–N with tert-alkyl or cyclic N) is 1. The van der Waals surface area contributed by atoms with E-state index in [2.05, 4.69) is 40.8 Å². The minimum Gasteiger partial charge on any atom is -0.493 e. The van der Waals surface area contributed by atoms with Crippen LogP contribution in [-0.2, 0) is 32.8 Å². The maximum Gasteiger partial charge on any atom is 0.352 e. The Hall–Kier alpha value is -4.29. The van der Waals surface area contributed by atoms with Gasteiger partial charge in [0.15, 0.2) is 0 Å². The van der Waals surface area contributed by atoms with Gasteiger partial charge in [-0.15, -0.1) is 11.8 Å². The Balaban J connectivity index is 1.40. The van der Waals surface area contributed by atoms with Crippen molar-refractivity contribution in [3.8, 4) is 5.75 Å². The second-order valence-electron chi connectivity index (χ2n) is 11.7. The lowest BCUT2D eigenvalue weighted by molar-refractivity contribution is 0.0685. The maximum absolute atomic E-state index is 12.6. The number of aromatic nitrogens is 3. The van der Waals surface area contributed by atoms with Gasteiger partial charge in [-0.2, -0.15) is 10.2 Å². The number of hydrogen-bond acceptors (Lipinski definition) is 8. The fourth-order valence-corrected chi connectivity index (χ4v) is 7.43. The summed E-state index contributed by atoms with van der Waals surface area (Å²) in [7, 11) is 3.72. The number of carboxylic acid groups (broad SMARTS) is 1. The van der Waals surface area contributed by atoms with Gasteiger partial charge in [-0.05, 0) is 61.1 Å². The van der Waals surface area contributed by atoms with E-state index >= 15 is 0 Å². The molecule has 0 unspecified atom stereocenters. The zero-order valence-electron chi connectivity index (χ0n) is 27.2. The third-order valence-corrected chi connectivity index (χ3v) is 9.86. The third-order valence-electron chi connectivity index (χ3n) is 8.52.